The molecule has 1 aliphatic rings. The summed E-state index contributed by atoms with van der Waals surface area (Å²) in [5, 5.41) is 11.6. The van der Waals surface area contributed by atoms with Gasteiger partial charge in [0.1, 0.15) is 6.04 Å². The Morgan fingerprint density at radius 2 is 1.92 bits per heavy atom. The van der Waals surface area contributed by atoms with Crippen LogP contribution in [-0.4, -0.2) is 28.6 Å². The molecule has 1 N–H and O–H groups in total. The number of nitrogens with zero attached hydrogens (tertiary/aromatic N) is 1. The zero-order chi connectivity index (χ0) is 18.9. The summed E-state index contributed by atoms with van der Waals surface area (Å²) in [6, 6.07) is 6.07. The maximum absolute atomic E-state index is 12.9. The summed E-state index contributed by atoms with van der Waals surface area (Å²) in [6.07, 6.45) is -2.11. The standard InChI is InChI=1S/C19H20F3NO2S/c1-12-9-11-26-17(12)16(23-10-3-2-4-15(23)18(24)25)13-5-7-14(8-6-13)19(20,21)22/h5-9,11,15-16H,2-4,10H2,1H3,(H,24,25). The maximum atomic E-state index is 12.9. The van der Waals surface area contributed by atoms with Crippen molar-refractivity contribution < 1.29 is 23.1 Å². The second kappa shape index (κ2) is 7.40. The number of carbonyl (C=O) groups is 1. The Morgan fingerprint density at radius 1 is 1.23 bits per heavy atom. The number of likely N-dealkylation sites (tertiary alicyclic amines) is 1. The molecule has 1 aliphatic heterocycles. The number of benzene rings is 1. The fourth-order valence-corrected chi connectivity index (χ4v) is 4.61. The van der Waals surface area contributed by atoms with Gasteiger partial charge in [-0.05, 0) is 61.0 Å². The van der Waals surface area contributed by atoms with Crippen LogP contribution in [0.15, 0.2) is 35.7 Å². The molecule has 26 heavy (non-hydrogen) atoms. The van der Waals surface area contributed by atoms with Gasteiger partial charge in [0.15, 0.2) is 0 Å². The van der Waals surface area contributed by atoms with Crippen molar-refractivity contribution in [2.24, 2.45) is 0 Å². The van der Waals surface area contributed by atoms with E-state index in [1.165, 1.54) is 23.5 Å². The molecule has 3 nitrogen and oxygen atoms in total. The third-order valence-electron chi connectivity index (χ3n) is 4.86. The molecule has 1 fully saturated rings. The average molecular weight is 383 g/mol. The Morgan fingerprint density at radius 3 is 2.46 bits per heavy atom. The summed E-state index contributed by atoms with van der Waals surface area (Å²) < 4.78 is 38.7. The molecule has 0 aliphatic carbocycles. The first-order chi connectivity index (χ1) is 12.3. The Hall–Kier alpha value is -1.86. The van der Waals surface area contributed by atoms with Gasteiger partial charge in [0.05, 0.1) is 11.6 Å². The summed E-state index contributed by atoms with van der Waals surface area (Å²) in [5.74, 6) is -0.879. The van der Waals surface area contributed by atoms with Crippen LogP contribution in [0.4, 0.5) is 13.2 Å². The van der Waals surface area contributed by atoms with Gasteiger partial charge in [-0.3, -0.25) is 9.69 Å². The summed E-state index contributed by atoms with van der Waals surface area (Å²) in [7, 11) is 0. The smallest absolute Gasteiger partial charge is 0.416 e. The number of alkyl halides is 3. The molecule has 2 heterocycles. The van der Waals surface area contributed by atoms with Gasteiger partial charge >= 0.3 is 12.1 Å². The zero-order valence-corrected chi connectivity index (χ0v) is 15.1. The minimum Gasteiger partial charge on any atom is -0.480 e. The first-order valence-corrected chi connectivity index (χ1v) is 9.36. The highest BCUT2D eigenvalue weighted by Crippen LogP contribution is 2.39. The van der Waals surface area contributed by atoms with Crippen LogP contribution < -0.4 is 0 Å². The first kappa shape index (κ1) is 18.9. The van der Waals surface area contributed by atoms with E-state index in [0.29, 0.717) is 18.5 Å². The van der Waals surface area contributed by atoms with E-state index in [1.807, 2.05) is 23.3 Å². The van der Waals surface area contributed by atoms with Crippen LogP contribution >= 0.6 is 11.3 Å². The Bertz CT molecular complexity index is 770. The molecular formula is C19H20F3NO2S. The van der Waals surface area contributed by atoms with E-state index in [-0.39, 0.29) is 6.04 Å². The van der Waals surface area contributed by atoms with Crippen LogP contribution in [0, 0.1) is 6.92 Å². The number of aliphatic carboxylic acids is 1. The van der Waals surface area contributed by atoms with Gasteiger partial charge in [-0.15, -0.1) is 11.3 Å². The number of piperidine rings is 1. The quantitative estimate of drug-likeness (QED) is 0.798. The lowest BCUT2D eigenvalue weighted by Gasteiger charge is -2.39. The van der Waals surface area contributed by atoms with E-state index in [0.717, 1.165) is 35.4 Å². The highest BCUT2D eigenvalue weighted by atomic mass is 32.1. The molecule has 0 spiro atoms. The highest BCUT2D eigenvalue weighted by Gasteiger charge is 2.37. The number of hydrogen-bond acceptors (Lipinski definition) is 3. The van der Waals surface area contributed by atoms with Crippen molar-refractivity contribution in [1.82, 2.24) is 4.90 Å². The van der Waals surface area contributed by atoms with E-state index >= 15 is 0 Å². The van der Waals surface area contributed by atoms with E-state index in [4.69, 9.17) is 0 Å². The average Bonchev–Trinajstić information content (AvgIpc) is 3.01. The highest BCUT2D eigenvalue weighted by molar-refractivity contribution is 7.10. The van der Waals surface area contributed by atoms with Gasteiger partial charge in [-0.25, -0.2) is 0 Å². The van der Waals surface area contributed by atoms with Crippen molar-refractivity contribution in [2.75, 3.05) is 6.54 Å². The van der Waals surface area contributed by atoms with E-state index in [2.05, 4.69) is 0 Å². The van der Waals surface area contributed by atoms with Gasteiger partial charge < -0.3 is 5.11 Å². The van der Waals surface area contributed by atoms with Gasteiger partial charge in [-0.2, -0.15) is 13.2 Å². The second-order valence-electron chi connectivity index (χ2n) is 6.58. The SMILES string of the molecule is Cc1ccsc1C(c1ccc(C(F)(F)F)cc1)N1CCCCC1C(=O)O. The lowest BCUT2D eigenvalue weighted by atomic mass is 9.93. The van der Waals surface area contributed by atoms with Crippen molar-refractivity contribution in [3.05, 3.63) is 57.3 Å². The van der Waals surface area contributed by atoms with E-state index in [1.54, 1.807) is 0 Å². The topological polar surface area (TPSA) is 40.5 Å². The van der Waals surface area contributed by atoms with Gasteiger partial charge in [-0.1, -0.05) is 18.6 Å². The molecule has 2 unspecified atom stereocenters. The third kappa shape index (κ3) is 3.78. The van der Waals surface area contributed by atoms with Crippen LogP contribution in [0.3, 0.4) is 0 Å². The summed E-state index contributed by atoms with van der Waals surface area (Å²) in [4.78, 5) is 14.7. The number of carboxylic acid groups (broad SMARTS) is 1. The molecule has 3 rings (SSSR count). The minimum atomic E-state index is -4.39. The van der Waals surface area contributed by atoms with Crippen molar-refractivity contribution >= 4 is 17.3 Å². The van der Waals surface area contributed by atoms with Crippen LogP contribution in [0.25, 0.3) is 0 Å². The molecule has 0 radical (unpaired) electrons. The van der Waals surface area contributed by atoms with Crippen molar-refractivity contribution in [3.8, 4) is 0 Å². The number of hydrogen-bond donors (Lipinski definition) is 1. The lowest BCUT2D eigenvalue weighted by Crippen LogP contribution is -2.46. The fourth-order valence-electron chi connectivity index (χ4n) is 3.54. The molecule has 7 heteroatoms. The number of carboxylic acids is 1. The molecule has 0 amide bonds. The largest absolute Gasteiger partial charge is 0.480 e. The Kier molecular flexibility index (Phi) is 5.39. The van der Waals surface area contributed by atoms with Gasteiger partial charge in [0.2, 0.25) is 0 Å². The Balaban J connectivity index is 2.04. The summed E-state index contributed by atoms with van der Waals surface area (Å²) in [5.41, 5.74) is 1.02. The normalized spacial score (nSPS) is 20.1. The molecular weight excluding hydrogens is 363 g/mol. The molecule has 0 saturated carbocycles. The molecule has 1 aromatic carbocycles. The molecule has 0 bridgehead atoms. The van der Waals surface area contributed by atoms with Gasteiger partial charge in [0.25, 0.3) is 0 Å². The van der Waals surface area contributed by atoms with Gasteiger partial charge in [0, 0.05) is 4.88 Å². The molecule has 1 saturated heterocycles. The van der Waals surface area contributed by atoms with Crippen LogP contribution in [0.1, 0.15) is 46.9 Å². The molecule has 140 valence electrons. The molecule has 2 aromatic rings. The van der Waals surface area contributed by atoms with Crippen LogP contribution in [0.5, 0.6) is 0 Å². The third-order valence-corrected chi connectivity index (χ3v) is 5.94. The number of aryl methyl sites for hydroxylation is 1. The van der Waals surface area contributed by atoms with Crippen LogP contribution in [-0.2, 0) is 11.0 Å². The van der Waals surface area contributed by atoms with E-state index < -0.39 is 23.8 Å². The minimum absolute atomic E-state index is 0.348. The molecule has 1 aromatic heterocycles. The predicted molar refractivity (Wildman–Crippen MR) is 94.3 cm³/mol. The van der Waals surface area contributed by atoms with Crippen molar-refractivity contribution in [2.45, 2.75) is 44.4 Å². The van der Waals surface area contributed by atoms with E-state index in [9.17, 15) is 23.1 Å². The number of thiophene rings is 1. The predicted octanol–water partition coefficient (Wildman–Crippen LogP) is 5.10. The second-order valence-corrected chi connectivity index (χ2v) is 7.53. The first-order valence-electron chi connectivity index (χ1n) is 8.48. The van der Waals surface area contributed by atoms with Crippen LogP contribution in [0.2, 0.25) is 0 Å². The fraction of sp³-hybridized carbons (Fsp3) is 0.421. The summed E-state index contributed by atoms with van der Waals surface area (Å²) in [6.45, 7) is 2.56. The number of rotatable bonds is 4. The monoisotopic (exact) mass is 383 g/mol. The van der Waals surface area contributed by atoms with Crippen molar-refractivity contribution in [3.63, 3.8) is 0 Å². The Labute approximate surface area is 154 Å². The maximum Gasteiger partial charge on any atom is 0.416 e. The number of halogens is 3. The zero-order valence-electron chi connectivity index (χ0n) is 14.3. The lowest BCUT2D eigenvalue weighted by molar-refractivity contribution is -0.145. The van der Waals surface area contributed by atoms with Crippen molar-refractivity contribution in [1.29, 1.82) is 0 Å². The molecule has 2 atom stereocenters. The summed E-state index contributed by atoms with van der Waals surface area (Å²) >= 11 is 1.51.